The van der Waals surface area contributed by atoms with Gasteiger partial charge in [0, 0.05) is 11.6 Å². The van der Waals surface area contributed by atoms with Crippen LogP contribution in [0.25, 0.3) is 0 Å². The number of carbonyl (C=O) groups excluding carboxylic acids is 1. The van der Waals surface area contributed by atoms with Crippen molar-refractivity contribution in [2.24, 2.45) is 5.73 Å². The van der Waals surface area contributed by atoms with Crippen LogP contribution in [0.4, 0.5) is 4.39 Å². The van der Waals surface area contributed by atoms with Crippen molar-refractivity contribution in [2.75, 3.05) is 0 Å². The summed E-state index contributed by atoms with van der Waals surface area (Å²) in [5.74, 6) is -3.68. The van der Waals surface area contributed by atoms with E-state index in [-0.39, 0.29) is 5.56 Å². The fraction of sp³-hybridized carbons (Fsp3) is 0.467. The molecule has 1 rings (SSSR count). The normalized spacial score (nSPS) is 14.3. The summed E-state index contributed by atoms with van der Waals surface area (Å²) < 4.78 is 19.2. The number of aliphatic carboxylic acids is 1. The Hall–Kier alpha value is -1.95. The lowest BCUT2D eigenvalue weighted by molar-refractivity contribution is -0.157. The third kappa shape index (κ3) is 5.15. The van der Waals surface area contributed by atoms with E-state index in [9.17, 15) is 14.0 Å². The SMILES string of the molecule is CC(C)(C)OC(=O)[C@H](c1ccccc1F)[C@@H](N)CC(=O)O. The molecule has 0 radical (unpaired) electrons. The van der Waals surface area contributed by atoms with Crippen LogP contribution in [0, 0.1) is 5.82 Å². The minimum absolute atomic E-state index is 0.0421. The van der Waals surface area contributed by atoms with Gasteiger partial charge in [-0.25, -0.2) is 4.39 Å². The number of carboxylic acids is 1. The van der Waals surface area contributed by atoms with Gasteiger partial charge in [0.05, 0.1) is 6.42 Å². The minimum atomic E-state index is -1.17. The van der Waals surface area contributed by atoms with Gasteiger partial charge in [0.1, 0.15) is 17.3 Å². The predicted octanol–water partition coefficient (Wildman–Crippen LogP) is 2.05. The first-order valence-corrected chi connectivity index (χ1v) is 6.56. The van der Waals surface area contributed by atoms with Crippen LogP contribution in [0.3, 0.4) is 0 Å². The zero-order valence-corrected chi connectivity index (χ0v) is 12.3. The zero-order chi connectivity index (χ0) is 16.2. The van der Waals surface area contributed by atoms with Gasteiger partial charge in [-0.15, -0.1) is 0 Å². The van der Waals surface area contributed by atoms with E-state index in [0.29, 0.717) is 0 Å². The highest BCUT2D eigenvalue weighted by Gasteiger charge is 2.34. The highest BCUT2D eigenvalue weighted by atomic mass is 19.1. The molecule has 0 aliphatic rings. The lowest BCUT2D eigenvalue weighted by Gasteiger charge is -2.27. The molecule has 0 aliphatic carbocycles. The molecule has 1 aromatic rings. The molecular weight excluding hydrogens is 277 g/mol. The largest absolute Gasteiger partial charge is 0.481 e. The van der Waals surface area contributed by atoms with Gasteiger partial charge >= 0.3 is 11.9 Å². The van der Waals surface area contributed by atoms with E-state index in [1.165, 1.54) is 18.2 Å². The van der Waals surface area contributed by atoms with Crippen molar-refractivity contribution in [3.05, 3.63) is 35.6 Å². The van der Waals surface area contributed by atoms with Crippen molar-refractivity contribution < 1.29 is 23.8 Å². The Balaban J connectivity index is 3.14. The van der Waals surface area contributed by atoms with Crippen molar-refractivity contribution in [1.29, 1.82) is 0 Å². The number of nitrogens with two attached hydrogens (primary N) is 1. The molecule has 6 heteroatoms. The van der Waals surface area contributed by atoms with Crippen molar-refractivity contribution >= 4 is 11.9 Å². The van der Waals surface area contributed by atoms with Crippen molar-refractivity contribution in [1.82, 2.24) is 0 Å². The zero-order valence-electron chi connectivity index (χ0n) is 12.3. The maximum Gasteiger partial charge on any atom is 0.315 e. The molecule has 21 heavy (non-hydrogen) atoms. The molecule has 0 saturated carbocycles. The Morgan fingerprint density at radius 1 is 1.33 bits per heavy atom. The standard InChI is InChI=1S/C15H20FNO4/c1-15(2,3)21-14(20)13(11(17)8-12(18)19)9-6-4-5-7-10(9)16/h4-7,11,13H,8,17H2,1-3H3,(H,18,19)/t11-,13+/m0/s1. The number of halogens is 1. The maximum absolute atomic E-state index is 13.9. The average molecular weight is 297 g/mol. The molecule has 1 aromatic carbocycles. The molecule has 2 atom stereocenters. The Morgan fingerprint density at radius 2 is 1.90 bits per heavy atom. The minimum Gasteiger partial charge on any atom is -0.481 e. The number of esters is 1. The highest BCUT2D eigenvalue weighted by molar-refractivity contribution is 5.81. The van der Waals surface area contributed by atoms with E-state index >= 15 is 0 Å². The smallest absolute Gasteiger partial charge is 0.315 e. The van der Waals surface area contributed by atoms with Gasteiger partial charge in [0.15, 0.2) is 0 Å². The van der Waals surface area contributed by atoms with Crippen LogP contribution >= 0.6 is 0 Å². The number of ether oxygens (including phenoxy) is 1. The van der Waals surface area contributed by atoms with Crippen LogP contribution in [-0.4, -0.2) is 28.7 Å². The number of rotatable bonds is 5. The van der Waals surface area contributed by atoms with E-state index in [0.717, 1.165) is 0 Å². The van der Waals surface area contributed by atoms with Gasteiger partial charge in [0.2, 0.25) is 0 Å². The molecule has 0 saturated heterocycles. The average Bonchev–Trinajstić information content (AvgIpc) is 2.28. The molecule has 0 aromatic heterocycles. The molecule has 5 nitrogen and oxygen atoms in total. The number of benzene rings is 1. The molecule has 0 fully saturated rings. The molecule has 3 N–H and O–H groups in total. The van der Waals surface area contributed by atoms with Gasteiger partial charge in [-0.2, -0.15) is 0 Å². The van der Waals surface area contributed by atoms with Gasteiger partial charge < -0.3 is 15.6 Å². The second kappa shape index (κ2) is 6.67. The summed E-state index contributed by atoms with van der Waals surface area (Å²) in [4.78, 5) is 23.1. The Labute approximate surface area is 122 Å². The second-order valence-electron chi connectivity index (χ2n) is 5.79. The fourth-order valence-electron chi connectivity index (χ4n) is 1.94. The van der Waals surface area contributed by atoms with Gasteiger partial charge in [-0.1, -0.05) is 18.2 Å². The summed E-state index contributed by atoms with van der Waals surface area (Å²) in [6.45, 7) is 5.02. The summed E-state index contributed by atoms with van der Waals surface area (Å²) in [6.07, 6.45) is -0.460. The lowest BCUT2D eigenvalue weighted by atomic mass is 9.89. The van der Waals surface area contributed by atoms with Crippen LogP contribution in [0.15, 0.2) is 24.3 Å². The molecule has 0 spiro atoms. The quantitative estimate of drug-likeness (QED) is 0.812. The maximum atomic E-state index is 13.9. The monoisotopic (exact) mass is 297 g/mol. The van der Waals surface area contributed by atoms with Gasteiger partial charge in [0.25, 0.3) is 0 Å². The number of carboxylic acid groups (broad SMARTS) is 1. The Morgan fingerprint density at radius 3 is 2.38 bits per heavy atom. The summed E-state index contributed by atoms with van der Waals surface area (Å²) in [7, 11) is 0. The van der Waals surface area contributed by atoms with Crippen LogP contribution in [0.1, 0.15) is 38.7 Å². The van der Waals surface area contributed by atoms with Crippen LogP contribution in [0.5, 0.6) is 0 Å². The first-order valence-electron chi connectivity index (χ1n) is 6.56. The summed E-state index contributed by atoms with van der Waals surface area (Å²) in [6, 6.07) is 4.57. The van der Waals surface area contributed by atoms with E-state index in [2.05, 4.69) is 0 Å². The predicted molar refractivity (Wildman–Crippen MR) is 75.2 cm³/mol. The molecule has 0 amide bonds. The van der Waals surface area contributed by atoms with Crippen molar-refractivity contribution in [3.8, 4) is 0 Å². The second-order valence-corrected chi connectivity index (χ2v) is 5.79. The number of carbonyl (C=O) groups is 2. The van der Waals surface area contributed by atoms with E-state index < -0.39 is 41.7 Å². The van der Waals surface area contributed by atoms with Crippen LogP contribution in [-0.2, 0) is 14.3 Å². The first-order chi connectivity index (χ1) is 9.61. The van der Waals surface area contributed by atoms with Crippen molar-refractivity contribution in [2.45, 2.75) is 44.8 Å². The van der Waals surface area contributed by atoms with Gasteiger partial charge in [-0.3, -0.25) is 9.59 Å². The molecule has 0 bridgehead atoms. The summed E-state index contributed by atoms with van der Waals surface area (Å²) in [5, 5.41) is 8.84. The summed E-state index contributed by atoms with van der Waals surface area (Å²) in [5.41, 5.74) is 5.06. The highest BCUT2D eigenvalue weighted by Crippen LogP contribution is 2.27. The molecule has 116 valence electrons. The first kappa shape index (κ1) is 17.1. The van der Waals surface area contributed by atoms with Crippen LogP contribution < -0.4 is 5.73 Å². The Bertz CT molecular complexity index is 525. The Kier molecular flexibility index (Phi) is 5.43. The fourth-order valence-corrected chi connectivity index (χ4v) is 1.94. The van der Waals surface area contributed by atoms with Crippen molar-refractivity contribution in [3.63, 3.8) is 0 Å². The lowest BCUT2D eigenvalue weighted by Crippen LogP contribution is -2.39. The molecule has 0 aliphatic heterocycles. The molecule has 0 unspecified atom stereocenters. The summed E-state index contributed by atoms with van der Waals surface area (Å²) >= 11 is 0. The molecular formula is C15H20FNO4. The third-order valence-corrected chi connectivity index (χ3v) is 2.74. The molecule has 0 heterocycles. The third-order valence-electron chi connectivity index (χ3n) is 2.74. The van der Waals surface area contributed by atoms with E-state index in [4.69, 9.17) is 15.6 Å². The number of hydrogen-bond donors (Lipinski definition) is 2. The van der Waals surface area contributed by atoms with E-state index in [1.54, 1.807) is 26.8 Å². The topological polar surface area (TPSA) is 89.6 Å². The van der Waals surface area contributed by atoms with Crippen LogP contribution in [0.2, 0.25) is 0 Å². The van der Waals surface area contributed by atoms with Gasteiger partial charge in [-0.05, 0) is 26.8 Å². The van der Waals surface area contributed by atoms with E-state index in [1.807, 2.05) is 0 Å². The number of hydrogen-bond acceptors (Lipinski definition) is 4.